The second kappa shape index (κ2) is 7.48. The molecule has 1 aromatic carbocycles. The number of hydrogen-bond acceptors (Lipinski definition) is 5. The van der Waals surface area contributed by atoms with Crippen LogP contribution in [0.1, 0.15) is 11.1 Å². The lowest BCUT2D eigenvalue weighted by molar-refractivity contribution is -0.117. The minimum absolute atomic E-state index is 0.129. The van der Waals surface area contributed by atoms with Gasteiger partial charge in [0.05, 0.1) is 7.11 Å². The minimum Gasteiger partial charge on any atom is -0.481 e. The third kappa shape index (κ3) is 4.14. The number of carbonyl (C=O) groups excluding carboxylic acids is 2. The van der Waals surface area contributed by atoms with Crippen LogP contribution in [-0.4, -0.2) is 30.1 Å². The number of fused-ring (bicyclic) bond motifs is 1. The van der Waals surface area contributed by atoms with Crippen LogP contribution in [0.25, 0.3) is 6.08 Å². The van der Waals surface area contributed by atoms with Gasteiger partial charge in [-0.15, -0.1) is 0 Å². The molecule has 0 spiro atoms. The molecule has 0 saturated carbocycles. The molecular weight excluding hydrogens is 322 g/mol. The van der Waals surface area contributed by atoms with Gasteiger partial charge in [0.25, 0.3) is 5.91 Å². The molecule has 2 aromatic rings. The summed E-state index contributed by atoms with van der Waals surface area (Å²) in [6, 6.07) is 11.9. The number of ether oxygens (including phenoxy) is 2. The van der Waals surface area contributed by atoms with Crippen molar-refractivity contribution in [3.63, 3.8) is 0 Å². The van der Waals surface area contributed by atoms with Gasteiger partial charge in [-0.2, -0.15) is 4.98 Å². The average Bonchev–Trinajstić information content (AvgIpc) is 2.79. The second-order valence-electron chi connectivity index (χ2n) is 5.32. The second-order valence-corrected chi connectivity index (χ2v) is 5.32. The van der Waals surface area contributed by atoms with E-state index in [0.717, 1.165) is 11.1 Å². The zero-order valence-electron chi connectivity index (χ0n) is 13.6. The Morgan fingerprint density at radius 3 is 2.80 bits per heavy atom. The first-order chi connectivity index (χ1) is 12.2. The van der Waals surface area contributed by atoms with Gasteiger partial charge in [0, 0.05) is 11.6 Å². The summed E-state index contributed by atoms with van der Waals surface area (Å²) < 4.78 is 10.2. The normalized spacial score (nSPS) is 15.6. The van der Waals surface area contributed by atoms with E-state index in [2.05, 4.69) is 15.6 Å². The molecule has 25 heavy (non-hydrogen) atoms. The zero-order valence-corrected chi connectivity index (χ0v) is 13.6. The van der Waals surface area contributed by atoms with Crippen LogP contribution in [0.2, 0.25) is 0 Å². The number of benzene rings is 1. The monoisotopic (exact) mass is 339 g/mol. The first-order valence-electron chi connectivity index (χ1n) is 7.67. The van der Waals surface area contributed by atoms with Crippen LogP contribution < -0.4 is 15.4 Å². The van der Waals surface area contributed by atoms with E-state index in [1.54, 1.807) is 24.3 Å². The fourth-order valence-corrected chi connectivity index (χ4v) is 2.29. The van der Waals surface area contributed by atoms with Crippen molar-refractivity contribution in [2.45, 2.75) is 12.6 Å². The Kier molecular flexibility index (Phi) is 4.94. The standard InChI is InChI=1S/C18H17N3O4/c1-24-15-10-8-13-7-9-14(17(22)21-16(13)20-15)19-18(23)25-11-12-5-3-2-4-6-12/h2-10,14H,11H2,1H3,(H,19,23)(H,20,21,22)/t14-/m0/s1. The number of amides is 2. The van der Waals surface area contributed by atoms with Crippen molar-refractivity contribution < 1.29 is 19.1 Å². The SMILES string of the molecule is COc1ccc2c(n1)NC(=O)[C@@H](NC(=O)OCc1ccccc1)C=C2. The average molecular weight is 339 g/mol. The van der Waals surface area contributed by atoms with Crippen LogP contribution in [-0.2, 0) is 16.1 Å². The highest BCUT2D eigenvalue weighted by atomic mass is 16.5. The van der Waals surface area contributed by atoms with E-state index in [-0.39, 0.29) is 6.61 Å². The van der Waals surface area contributed by atoms with Crippen molar-refractivity contribution in [3.8, 4) is 5.88 Å². The molecule has 0 aliphatic carbocycles. The molecule has 128 valence electrons. The number of aromatic nitrogens is 1. The third-order valence-electron chi connectivity index (χ3n) is 3.59. The van der Waals surface area contributed by atoms with E-state index >= 15 is 0 Å². The van der Waals surface area contributed by atoms with Crippen molar-refractivity contribution in [1.29, 1.82) is 0 Å². The number of alkyl carbamates (subject to hydrolysis) is 1. The van der Waals surface area contributed by atoms with Gasteiger partial charge >= 0.3 is 6.09 Å². The maximum absolute atomic E-state index is 12.3. The summed E-state index contributed by atoms with van der Waals surface area (Å²) in [5.74, 6) is 0.357. The minimum atomic E-state index is -0.858. The van der Waals surface area contributed by atoms with Crippen molar-refractivity contribution >= 4 is 23.9 Å². The van der Waals surface area contributed by atoms with Gasteiger partial charge in [-0.1, -0.05) is 42.5 Å². The predicted molar refractivity (Wildman–Crippen MR) is 92.0 cm³/mol. The Morgan fingerprint density at radius 2 is 2.04 bits per heavy atom. The van der Waals surface area contributed by atoms with Crippen LogP contribution >= 0.6 is 0 Å². The molecule has 7 heteroatoms. The van der Waals surface area contributed by atoms with Gasteiger partial charge in [0.15, 0.2) is 0 Å². The van der Waals surface area contributed by atoms with Gasteiger partial charge in [-0.25, -0.2) is 4.79 Å². The highest BCUT2D eigenvalue weighted by Crippen LogP contribution is 2.21. The molecule has 1 aliphatic rings. The molecule has 1 aliphatic heterocycles. The molecule has 0 saturated heterocycles. The summed E-state index contributed by atoms with van der Waals surface area (Å²) in [5.41, 5.74) is 1.58. The number of hydrogen-bond donors (Lipinski definition) is 2. The van der Waals surface area contributed by atoms with Crippen LogP contribution in [0.15, 0.2) is 48.5 Å². The lowest BCUT2D eigenvalue weighted by Gasteiger charge is -2.13. The van der Waals surface area contributed by atoms with E-state index in [4.69, 9.17) is 9.47 Å². The number of rotatable bonds is 4. The van der Waals surface area contributed by atoms with Gasteiger partial charge in [0.2, 0.25) is 5.88 Å². The number of carbonyl (C=O) groups is 2. The molecule has 1 aromatic heterocycles. The molecule has 0 unspecified atom stereocenters. The number of nitrogens with zero attached hydrogens (tertiary/aromatic N) is 1. The lowest BCUT2D eigenvalue weighted by atomic mass is 10.2. The molecule has 2 N–H and O–H groups in total. The molecule has 0 radical (unpaired) electrons. The molecule has 0 bridgehead atoms. The lowest BCUT2D eigenvalue weighted by Crippen LogP contribution is -2.42. The van der Waals surface area contributed by atoms with Crippen LogP contribution in [0.4, 0.5) is 10.6 Å². The van der Waals surface area contributed by atoms with E-state index in [1.807, 2.05) is 30.3 Å². The molecule has 7 nitrogen and oxygen atoms in total. The van der Waals surface area contributed by atoms with E-state index in [9.17, 15) is 9.59 Å². The van der Waals surface area contributed by atoms with Crippen molar-refractivity contribution in [2.24, 2.45) is 0 Å². The maximum Gasteiger partial charge on any atom is 0.408 e. The van der Waals surface area contributed by atoms with Gasteiger partial charge in [-0.05, 0) is 11.6 Å². The fraction of sp³-hybridized carbons (Fsp3) is 0.167. The Balaban J connectivity index is 1.62. The molecule has 0 fully saturated rings. The van der Waals surface area contributed by atoms with Gasteiger partial charge in [0.1, 0.15) is 18.5 Å². The van der Waals surface area contributed by atoms with Gasteiger partial charge < -0.3 is 20.1 Å². The Hall–Kier alpha value is -3.35. The molecule has 3 rings (SSSR count). The zero-order chi connectivity index (χ0) is 17.6. The summed E-state index contributed by atoms with van der Waals surface area (Å²) >= 11 is 0. The maximum atomic E-state index is 12.3. The van der Waals surface area contributed by atoms with E-state index in [0.29, 0.717) is 11.7 Å². The van der Waals surface area contributed by atoms with Crippen LogP contribution in [0.5, 0.6) is 5.88 Å². The highest BCUT2D eigenvalue weighted by molar-refractivity contribution is 6.00. The van der Waals surface area contributed by atoms with Crippen molar-refractivity contribution in [1.82, 2.24) is 10.3 Å². The smallest absolute Gasteiger partial charge is 0.408 e. The van der Waals surface area contributed by atoms with Crippen molar-refractivity contribution in [2.75, 3.05) is 12.4 Å². The van der Waals surface area contributed by atoms with E-state index < -0.39 is 18.0 Å². The van der Waals surface area contributed by atoms with Crippen molar-refractivity contribution in [3.05, 3.63) is 59.7 Å². The molecule has 2 heterocycles. The first-order valence-corrected chi connectivity index (χ1v) is 7.67. The van der Waals surface area contributed by atoms with Crippen LogP contribution in [0, 0.1) is 0 Å². The Labute approximate surface area is 144 Å². The molecular formula is C18H17N3O4. The highest BCUT2D eigenvalue weighted by Gasteiger charge is 2.23. The summed E-state index contributed by atoms with van der Waals surface area (Å²) in [7, 11) is 1.50. The number of pyridine rings is 1. The largest absolute Gasteiger partial charge is 0.481 e. The summed E-state index contributed by atoms with van der Waals surface area (Å²) in [6.45, 7) is 0.129. The number of methoxy groups -OCH3 is 1. The quantitative estimate of drug-likeness (QED) is 0.892. The van der Waals surface area contributed by atoms with Crippen LogP contribution in [0.3, 0.4) is 0 Å². The Bertz CT molecular complexity index is 805. The number of nitrogens with one attached hydrogen (secondary N) is 2. The fourth-order valence-electron chi connectivity index (χ4n) is 2.29. The van der Waals surface area contributed by atoms with E-state index in [1.165, 1.54) is 7.11 Å². The Morgan fingerprint density at radius 1 is 1.24 bits per heavy atom. The first kappa shape index (κ1) is 16.5. The summed E-state index contributed by atoms with van der Waals surface area (Å²) in [4.78, 5) is 28.4. The van der Waals surface area contributed by atoms with Gasteiger partial charge in [-0.3, -0.25) is 4.79 Å². The molecule has 2 amide bonds. The predicted octanol–water partition coefficient (Wildman–Crippen LogP) is 2.35. The third-order valence-corrected chi connectivity index (χ3v) is 3.59. The summed E-state index contributed by atoms with van der Waals surface area (Å²) in [6.07, 6.45) is 2.62. The molecule has 1 atom stereocenters. The number of anilines is 1. The topological polar surface area (TPSA) is 89.5 Å². The summed E-state index contributed by atoms with van der Waals surface area (Å²) in [5, 5.41) is 5.19.